The molecule has 0 amide bonds. The molecule has 1 unspecified atom stereocenters. The molecule has 0 spiro atoms. The molecule has 1 aromatic heterocycles. The lowest BCUT2D eigenvalue weighted by Crippen LogP contribution is -2.22. The summed E-state index contributed by atoms with van der Waals surface area (Å²) in [7, 11) is 1.61. The maximum atomic E-state index is 5.68. The summed E-state index contributed by atoms with van der Waals surface area (Å²) >= 11 is 0. The van der Waals surface area contributed by atoms with Crippen molar-refractivity contribution in [2.24, 2.45) is 0 Å². The first-order valence-corrected chi connectivity index (χ1v) is 6.46. The predicted octanol–water partition coefficient (Wildman–Crippen LogP) is 2.09. The van der Waals surface area contributed by atoms with Crippen LogP contribution < -0.4 is 4.74 Å². The minimum Gasteiger partial charge on any atom is -0.480 e. The minimum absolute atomic E-state index is 0.0901. The molecule has 1 atom stereocenters. The predicted molar refractivity (Wildman–Crippen MR) is 66.3 cm³/mol. The van der Waals surface area contributed by atoms with Crippen molar-refractivity contribution in [2.75, 3.05) is 13.7 Å². The zero-order valence-corrected chi connectivity index (χ0v) is 11.0. The first kappa shape index (κ1) is 13.2. The van der Waals surface area contributed by atoms with Gasteiger partial charge in [-0.1, -0.05) is 6.92 Å². The van der Waals surface area contributed by atoms with Gasteiger partial charge >= 0.3 is 0 Å². The van der Waals surface area contributed by atoms with E-state index in [-0.39, 0.29) is 6.29 Å². The molecule has 5 heteroatoms. The molecule has 0 bridgehead atoms. The smallest absolute Gasteiger partial charge is 0.236 e. The summed E-state index contributed by atoms with van der Waals surface area (Å²) < 4.78 is 16.3. The van der Waals surface area contributed by atoms with E-state index >= 15 is 0 Å². The second-order valence-corrected chi connectivity index (χ2v) is 4.33. The van der Waals surface area contributed by atoms with E-state index in [0.29, 0.717) is 12.5 Å². The zero-order chi connectivity index (χ0) is 12.8. The van der Waals surface area contributed by atoms with Gasteiger partial charge in [-0.25, -0.2) is 0 Å². The Morgan fingerprint density at radius 2 is 2.28 bits per heavy atom. The van der Waals surface area contributed by atoms with Gasteiger partial charge in [0.1, 0.15) is 0 Å². The lowest BCUT2D eigenvalue weighted by atomic mass is 10.2. The van der Waals surface area contributed by atoms with E-state index < -0.39 is 0 Å². The molecule has 100 valence electrons. The molecule has 1 aliphatic rings. The number of aryl methyl sites for hydroxylation is 1. The number of nitrogens with zero attached hydrogens (tertiary/aromatic N) is 2. The third-order valence-corrected chi connectivity index (χ3v) is 3.01. The Labute approximate surface area is 107 Å². The fraction of sp³-hybridized carbons (Fsp3) is 0.692. The summed E-state index contributed by atoms with van der Waals surface area (Å²) in [5.74, 6) is 0.593. The Bertz CT molecular complexity index is 378. The van der Waals surface area contributed by atoms with Crippen molar-refractivity contribution >= 4 is 0 Å². The zero-order valence-electron chi connectivity index (χ0n) is 11.0. The monoisotopic (exact) mass is 252 g/mol. The summed E-state index contributed by atoms with van der Waals surface area (Å²) in [4.78, 5) is 0. The minimum atomic E-state index is -0.0901. The van der Waals surface area contributed by atoms with Gasteiger partial charge in [-0.2, -0.15) is 0 Å². The van der Waals surface area contributed by atoms with Crippen molar-refractivity contribution in [3.05, 3.63) is 17.3 Å². The number of methoxy groups -OCH3 is 1. The van der Waals surface area contributed by atoms with Gasteiger partial charge in [-0.15, -0.1) is 10.2 Å². The average molecular weight is 252 g/mol. The van der Waals surface area contributed by atoms with Crippen molar-refractivity contribution in [1.82, 2.24) is 10.2 Å². The van der Waals surface area contributed by atoms with E-state index in [2.05, 4.69) is 17.1 Å². The van der Waals surface area contributed by atoms with Crippen LogP contribution in [0.15, 0.2) is 6.07 Å². The van der Waals surface area contributed by atoms with Crippen molar-refractivity contribution in [3.63, 3.8) is 0 Å². The van der Waals surface area contributed by atoms with Crippen molar-refractivity contribution in [3.8, 4) is 5.88 Å². The highest BCUT2D eigenvalue weighted by Crippen LogP contribution is 2.18. The Kier molecular flexibility index (Phi) is 4.90. The SMILES string of the molecule is CCc1cc(COC2CCCCO2)nnc1OC. The summed E-state index contributed by atoms with van der Waals surface area (Å²) in [6, 6.07) is 1.98. The third-order valence-electron chi connectivity index (χ3n) is 3.01. The van der Waals surface area contributed by atoms with E-state index in [4.69, 9.17) is 14.2 Å². The van der Waals surface area contributed by atoms with Crippen LogP contribution in [0, 0.1) is 0 Å². The first-order valence-electron chi connectivity index (χ1n) is 6.46. The van der Waals surface area contributed by atoms with E-state index in [0.717, 1.165) is 37.1 Å². The summed E-state index contributed by atoms with van der Waals surface area (Å²) in [6.07, 6.45) is 4.03. The van der Waals surface area contributed by atoms with Crippen molar-refractivity contribution in [1.29, 1.82) is 0 Å². The third kappa shape index (κ3) is 3.40. The molecule has 1 fully saturated rings. The summed E-state index contributed by atoms with van der Waals surface area (Å²) in [5.41, 5.74) is 1.87. The van der Waals surface area contributed by atoms with Gasteiger partial charge in [0.2, 0.25) is 5.88 Å². The molecule has 1 aliphatic heterocycles. The van der Waals surface area contributed by atoms with Crippen molar-refractivity contribution < 1.29 is 14.2 Å². The Balaban J connectivity index is 1.92. The number of ether oxygens (including phenoxy) is 3. The maximum Gasteiger partial charge on any atom is 0.236 e. The molecular weight excluding hydrogens is 232 g/mol. The molecule has 5 nitrogen and oxygen atoms in total. The number of rotatable bonds is 5. The van der Waals surface area contributed by atoms with Gasteiger partial charge in [0, 0.05) is 12.2 Å². The van der Waals surface area contributed by atoms with Crippen LogP contribution in [0.2, 0.25) is 0 Å². The van der Waals surface area contributed by atoms with Crippen molar-refractivity contribution in [2.45, 2.75) is 45.5 Å². The van der Waals surface area contributed by atoms with E-state index in [1.807, 2.05) is 6.07 Å². The Morgan fingerprint density at radius 1 is 1.39 bits per heavy atom. The van der Waals surface area contributed by atoms with Crippen LogP contribution in [-0.4, -0.2) is 30.2 Å². The molecule has 0 saturated carbocycles. The fourth-order valence-electron chi connectivity index (χ4n) is 1.98. The van der Waals surface area contributed by atoms with Crippen LogP contribution in [0.3, 0.4) is 0 Å². The van der Waals surface area contributed by atoms with Gasteiger partial charge < -0.3 is 14.2 Å². The topological polar surface area (TPSA) is 53.5 Å². The Morgan fingerprint density at radius 3 is 2.94 bits per heavy atom. The standard InChI is InChI=1S/C13H20N2O3/c1-3-10-8-11(14-15-13(10)16-2)9-18-12-6-4-5-7-17-12/h8,12H,3-7,9H2,1-2H3. The van der Waals surface area contributed by atoms with Crippen LogP contribution >= 0.6 is 0 Å². The largest absolute Gasteiger partial charge is 0.480 e. The number of aromatic nitrogens is 2. The molecule has 0 radical (unpaired) electrons. The van der Waals surface area contributed by atoms with Crippen LogP contribution in [0.1, 0.15) is 37.4 Å². The molecule has 0 aromatic carbocycles. The van der Waals surface area contributed by atoms with Gasteiger partial charge in [-0.3, -0.25) is 0 Å². The summed E-state index contributed by atoms with van der Waals surface area (Å²) in [6.45, 7) is 3.29. The van der Waals surface area contributed by atoms with Gasteiger partial charge in [0.05, 0.1) is 19.4 Å². The van der Waals surface area contributed by atoms with Gasteiger partial charge in [0.15, 0.2) is 6.29 Å². The lowest BCUT2D eigenvalue weighted by molar-refractivity contribution is -0.169. The lowest BCUT2D eigenvalue weighted by Gasteiger charge is -2.22. The first-order chi connectivity index (χ1) is 8.83. The summed E-state index contributed by atoms with van der Waals surface area (Å²) in [5, 5.41) is 8.13. The quantitative estimate of drug-likeness (QED) is 0.803. The van der Waals surface area contributed by atoms with Crippen LogP contribution in [0.4, 0.5) is 0 Å². The highest BCUT2D eigenvalue weighted by Gasteiger charge is 2.15. The molecular formula is C13H20N2O3. The van der Waals surface area contributed by atoms with Crippen LogP contribution in [0.5, 0.6) is 5.88 Å². The van der Waals surface area contributed by atoms with Crippen LogP contribution in [-0.2, 0) is 22.5 Å². The highest BCUT2D eigenvalue weighted by molar-refractivity contribution is 5.26. The molecule has 1 aromatic rings. The van der Waals surface area contributed by atoms with Gasteiger partial charge in [0.25, 0.3) is 0 Å². The van der Waals surface area contributed by atoms with E-state index in [9.17, 15) is 0 Å². The number of hydrogen-bond donors (Lipinski definition) is 0. The normalized spacial score (nSPS) is 19.8. The highest BCUT2D eigenvalue weighted by atomic mass is 16.7. The molecule has 2 heterocycles. The molecule has 18 heavy (non-hydrogen) atoms. The molecule has 2 rings (SSSR count). The number of hydrogen-bond acceptors (Lipinski definition) is 5. The Hall–Kier alpha value is -1.20. The molecule has 0 N–H and O–H groups in total. The second-order valence-electron chi connectivity index (χ2n) is 4.33. The molecule has 1 saturated heterocycles. The average Bonchev–Trinajstić information content (AvgIpc) is 2.45. The maximum absolute atomic E-state index is 5.68. The second kappa shape index (κ2) is 6.66. The molecule has 0 aliphatic carbocycles. The van der Waals surface area contributed by atoms with Gasteiger partial charge in [-0.05, 0) is 31.7 Å². The van der Waals surface area contributed by atoms with E-state index in [1.54, 1.807) is 7.11 Å². The van der Waals surface area contributed by atoms with E-state index in [1.165, 1.54) is 6.42 Å². The van der Waals surface area contributed by atoms with Crippen LogP contribution in [0.25, 0.3) is 0 Å². The fourth-order valence-corrected chi connectivity index (χ4v) is 1.98.